The van der Waals surface area contributed by atoms with Crippen LogP contribution < -0.4 is 9.88 Å². The molecule has 1 amide bonds. The van der Waals surface area contributed by atoms with Crippen LogP contribution in [-0.2, 0) is 26.1 Å². The summed E-state index contributed by atoms with van der Waals surface area (Å²) >= 11 is 1.72. The number of nitrogens with one attached hydrogen (secondary N) is 1. The van der Waals surface area contributed by atoms with Crippen LogP contribution in [0.4, 0.5) is 4.79 Å². The van der Waals surface area contributed by atoms with Crippen LogP contribution in [0.2, 0.25) is 0 Å². The highest BCUT2D eigenvalue weighted by Crippen LogP contribution is 2.25. The number of hydrogen-bond acceptors (Lipinski definition) is 7. The minimum absolute atomic E-state index is 0.0794. The average Bonchev–Trinajstić information content (AvgIpc) is 3.71. The van der Waals surface area contributed by atoms with E-state index in [2.05, 4.69) is 33.9 Å². The highest BCUT2D eigenvalue weighted by atomic mass is 32.2. The first kappa shape index (κ1) is 39.2. The number of aromatic nitrogens is 1. The van der Waals surface area contributed by atoms with Gasteiger partial charge in [-0.3, -0.25) is 0 Å². The van der Waals surface area contributed by atoms with Crippen molar-refractivity contribution in [1.82, 2.24) is 5.32 Å². The second-order valence-electron chi connectivity index (χ2n) is 12.4. The Balaban J connectivity index is 0.000000537. The molecule has 1 N–H and O–H groups in total. The van der Waals surface area contributed by atoms with Gasteiger partial charge in [-0.2, -0.15) is 4.57 Å². The third-order valence-electron chi connectivity index (χ3n) is 8.23. The Morgan fingerprint density at radius 1 is 0.956 bits per heavy atom. The number of ether oxygens (including phenoxy) is 2. The van der Waals surface area contributed by atoms with Gasteiger partial charge in [-0.15, -0.1) is 0 Å². The van der Waals surface area contributed by atoms with Gasteiger partial charge in [-0.1, -0.05) is 113 Å². The quantitative estimate of drug-likeness (QED) is 0.0769. The molecule has 2 heterocycles. The topological polar surface area (TPSA) is 109 Å². The number of amides is 1. The lowest BCUT2D eigenvalue weighted by molar-refractivity contribution is -0.692. The molecule has 0 spiro atoms. The molecule has 1 aromatic carbocycles. The number of alkyl carbamates (subject to hydrolysis) is 1. The minimum Gasteiger partial charge on any atom is -0.744 e. The molecule has 0 saturated carbocycles. The first-order valence-corrected chi connectivity index (χ1v) is 19.6. The molecule has 2 atom stereocenters. The zero-order valence-electron chi connectivity index (χ0n) is 27.8. The van der Waals surface area contributed by atoms with Crippen molar-refractivity contribution in [2.75, 3.05) is 19.8 Å². The fourth-order valence-electron chi connectivity index (χ4n) is 5.47. The molecule has 0 aliphatic carbocycles. The highest BCUT2D eigenvalue weighted by molar-refractivity contribution is 7.85. The molecule has 2 aromatic rings. The maximum atomic E-state index is 11.9. The fourth-order valence-corrected chi connectivity index (χ4v) is 6.57. The van der Waals surface area contributed by atoms with Crippen molar-refractivity contribution in [3.05, 3.63) is 46.9 Å². The van der Waals surface area contributed by atoms with Crippen LogP contribution in [0, 0.1) is 12.8 Å². The van der Waals surface area contributed by atoms with Crippen molar-refractivity contribution in [3.8, 4) is 0 Å². The predicted molar refractivity (Wildman–Crippen MR) is 180 cm³/mol. The van der Waals surface area contributed by atoms with Crippen molar-refractivity contribution in [2.24, 2.45) is 5.92 Å². The lowest BCUT2D eigenvalue weighted by Gasteiger charge is -2.11. The Hall–Kier alpha value is -2.01. The van der Waals surface area contributed by atoms with Gasteiger partial charge in [0, 0.05) is 13.0 Å². The van der Waals surface area contributed by atoms with E-state index in [-0.39, 0.29) is 17.1 Å². The summed E-state index contributed by atoms with van der Waals surface area (Å²) in [6.45, 7) is 7.05. The number of nitrogens with zero attached hydrogens (tertiary/aromatic N) is 1. The number of aryl methyl sites for hydroxylation is 2. The molecular formula is C35H58N2O6S2. The summed E-state index contributed by atoms with van der Waals surface area (Å²) in [6.07, 6.45) is 24.1. The number of thiazole rings is 1. The van der Waals surface area contributed by atoms with Gasteiger partial charge in [0.15, 0.2) is 6.20 Å². The van der Waals surface area contributed by atoms with Crippen molar-refractivity contribution >= 4 is 27.5 Å². The molecule has 1 aromatic heterocycles. The number of rotatable bonds is 22. The zero-order chi connectivity index (χ0) is 32.6. The van der Waals surface area contributed by atoms with Crippen LogP contribution in [0.1, 0.15) is 122 Å². The van der Waals surface area contributed by atoms with E-state index in [1.807, 2.05) is 6.92 Å². The zero-order valence-corrected chi connectivity index (χ0v) is 29.4. The Kier molecular flexibility index (Phi) is 21.1. The molecule has 10 heteroatoms. The predicted octanol–water partition coefficient (Wildman–Crippen LogP) is 8.33. The lowest BCUT2D eigenvalue weighted by Crippen LogP contribution is -2.30. The van der Waals surface area contributed by atoms with Gasteiger partial charge < -0.3 is 19.3 Å². The van der Waals surface area contributed by atoms with Crippen LogP contribution in [0.15, 0.2) is 46.2 Å². The molecule has 0 radical (unpaired) electrons. The van der Waals surface area contributed by atoms with E-state index in [0.717, 1.165) is 44.4 Å². The summed E-state index contributed by atoms with van der Waals surface area (Å²) in [4.78, 5) is 11.7. The van der Waals surface area contributed by atoms with Crippen LogP contribution in [0.25, 0.3) is 0 Å². The maximum Gasteiger partial charge on any atom is 0.407 e. The SMILES string of the molecule is CCCCCCCCCCCCCC[C@@H]1CO[C@@H](COC(=O)NCCCCC[n+]2ccsc2)C1.Cc1ccc(S(=O)(=O)[O-])cc1. The van der Waals surface area contributed by atoms with E-state index >= 15 is 0 Å². The van der Waals surface area contributed by atoms with Gasteiger partial charge in [-0.25, -0.2) is 13.2 Å². The number of carbonyl (C=O) groups is 1. The summed E-state index contributed by atoms with van der Waals surface area (Å²) < 4.78 is 44.6. The number of carbonyl (C=O) groups excluding carboxylic acids is 1. The van der Waals surface area contributed by atoms with E-state index in [0.29, 0.717) is 19.1 Å². The number of unbranched alkanes of at least 4 members (excludes halogenated alkanes) is 13. The van der Waals surface area contributed by atoms with E-state index in [1.165, 1.54) is 95.6 Å². The van der Waals surface area contributed by atoms with Crippen molar-refractivity contribution in [2.45, 2.75) is 141 Å². The van der Waals surface area contributed by atoms with Gasteiger partial charge in [0.1, 0.15) is 23.3 Å². The Morgan fingerprint density at radius 2 is 1.58 bits per heavy atom. The second kappa shape index (κ2) is 24.2. The normalized spacial score (nSPS) is 16.2. The minimum atomic E-state index is -4.27. The Morgan fingerprint density at radius 3 is 2.18 bits per heavy atom. The highest BCUT2D eigenvalue weighted by Gasteiger charge is 2.26. The molecular weight excluding hydrogens is 609 g/mol. The Labute approximate surface area is 277 Å². The van der Waals surface area contributed by atoms with Crippen LogP contribution in [0.3, 0.4) is 0 Å². The van der Waals surface area contributed by atoms with Gasteiger partial charge in [-0.05, 0) is 50.7 Å². The van der Waals surface area contributed by atoms with Crippen LogP contribution in [0.5, 0.6) is 0 Å². The molecule has 1 aliphatic rings. The third-order valence-corrected chi connectivity index (χ3v) is 9.75. The number of benzene rings is 1. The molecule has 256 valence electrons. The van der Waals surface area contributed by atoms with E-state index in [4.69, 9.17) is 9.47 Å². The summed E-state index contributed by atoms with van der Waals surface area (Å²) in [7, 11) is -4.27. The van der Waals surface area contributed by atoms with Crippen LogP contribution in [-0.4, -0.2) is 44.9 Å². The molecule has 8 nitrogen and oxygen atoms in total. The average molecular weight is 667 g/mol. The second-order valence-corrected chi connectivity index (χ2v) is 14.5. The van der Waals surface area contributed by atoms with Gasteiger partial charge >= 0.3 is 6.09 Å². The monoisotopic (exact) mass is 666 g/mol. The third kappa shape index (κ3) is 20.0. The molecule has 1 fully saturated rings. The first-order chi connectivity index (χ1) is 21.8. The number of hydrogen-bond donors (Lipinski definition) is 1. The molecule has 0 bridgehead atoms. The summed E-state index contributed by atoms with van der Waals surface area (Å²) in [6, 6.07) is 5.78. The van der Waals surface area contributed by atoms with Gasteiger partial charge in [0.25, 0.3) is 0 Å². The molecule has 1 saturated heterocycles. The van der Waals surface area contributed by atoms with E-state index < -0.39 is 10.1 Å². The standard InChI is InChI=1S/C28H50N2O3S.C7H8O3S/c1-2-3-4-5-6-7-8-9-10-11-12-14-17-26-22-27(32-23-26)24-33-28(31)29-18-15-13-16-19-30-20-21-34-25-30;1-6-2-4-7(5-3-6)11(8,9)10/h20-21,25-27H,2-19,22-24H2,1H3;2-5H,1H3,(H,8,9,10)/t26-,27+;/m0./s1. The molecule has 3 rings (SSSR count). The first-order valence-electron chi connectivity index (χ1n) is 17.2. The molecule has 1 aliphatic heterocycles. The van der Waals surface area contributed by atoms with Gasteiger partial charge in [0.2, 0.25) is 5.51 Å². The van der Waals surface area contributed by atoms with E-state index in [9.17, 15) is 17.8 Å². The lowest BCUT2D eigenvalue weighted by atomic mass is 9.97. The Bertz CT molecular complexity index is 1110. The largest absolute Gasteiger partial charge is 0.744 e. The summed E-state index contributed by atoms with van der Waals surface area (Å²) in [5.74, 6) is 0.640. The summed E-state index contributed by atoms with van der Waals surface area (Å²) in [5.41, 5.74) is 3.06. The van der Waals surface area contributed by atoms with Crippen molar-refractivity contribution in [3.63, 3.8) is 0 Å². The fraction of sp³-hybridized carbons (Fsp3) is 0.714. The van der Waals surface area contributed by atoms with Gasteiger partial charge in [0.05, 0.1) is 23.0 Å². The molecule has 45 heavy (non-hydrogen) atoms. The van der Waals surface area contributed by atoms with Crippen LogP contribution >= 0.6 is 11.3 Å². The van der Waals surface area contributed by atoms with Crippen molar-refractivity contribution in [1.29, 1.82) is 0 Å². The maximum absolute atomic E-state index is 11.9. The summed E-state index contributed by atoms with van der Waals surface area (Å²) in [5, 5.41) is 4.96. The molecule has 0 unspecified atom stereocenters. The smallest absolute Gasteiger partial charge is 0.407 e. The van der Waals surface area contributed by atoms with Crippen molar-refractivity contribution < 1.29 is 31.8 Å². The van der Waals surface area contributed by atoms with E-state index in [1.54, 1.807) is 23.5 Å².